The van der Waals surface area contributed by atoms with Crippen LogP contribution < -0.4 is 5.32 Å². The molecule has 1 aromatic rings. The van der Waals surface area contributed by atoms with E-state index in [0.29, 0.717) is 6.54 Å². The Morgan fingerprint density at radius 2 is 1.89 bits per heavy atom. The second-order valence-electron chi connectivity index (χ2n) is 4.35. The fraction of sp³-hybridized carbons (Fsp3) is 0.583. The van der Waals surface area contributed by atoms with Crippen molar-refractivity contribution in [1.82, 2.24) is 20.0 Å². The highest BCUT2D eigenvalue weighted by Gasteiger charge is 2.28. The Labute approximate surface area is 120 Å². The lowest BCUT2D eigenvalue weighted by Crippen LogP contribution is -2.51. The first-order valence-electron chi connectivity index (χ1n) is 6.36. The zero-order chi connectivity index (χ0) is 14.0. The van der Waals surface area contributed by atoms with E-state index in [1.807, 2.05) is 18.5 Å². The van der Waals surface area contributed by atoms with Crippen molar-refractivity contribution in [2.45, 2.75) is 33.4 Å². The minimum absolute atomic E-state index is 0.190. The largest absolute Gasteiger partial charge is 0.300 e. The van der Waals surface area contributed by atoms with Crippen molar-refractivity contribution in [2.24, 2.45) is 0 Å². The summed E-state index contributed by atoms with van der Waals surface area (Å²) >= 11 is 3.52. The highest BCUT2D eigenvalue weighted by molar-refractivity contribution is 9.10. The Bertz CT molecular complexity index is 496. The van der Waals surface area contributed by atoms with Crippen LogP contribution >= 0.6 is 15.9 Å². The number of hydrogen-bond acceptors (Lipinski definition) is 4. The molecule has 0 unspecified atom stereocenters. The minimum atomic E-state index is -0.190. The van der Waals surface area contributed by atoms with Crippen molar-refractivity contribution in [3.8, 4) is 0 Å². The number of piperazine rings is 1. The van der Waals surface area contributed by atoms with Crippen molar-refractivity contribution in [1.29, 1.82) is 0 Å². The molecule has 2 heterocycles. The summed E-state index contributed by atoms with van der Waals surface area (Å²) in [6.45, 7) is 5.43. The molecular formula is C12H17BrN4O2. The van der Waals surface area contributed by atoms with Crippen LogP contribution in [0.25, 0.3) is 0 Å². The Morgan fingerprint density at radius 3 is 2.42 bits per heavy atom. The van der Waals surface area contributed by atoms with Gasteiger partial charge in [-0.15, -0.1) is 0 Å². The highest BCUT2D eigenvalue weighted by atomic mass is 79.9. The van der Waals surface area contributed by atoms with Gasteiger partial charge in [-0.1, -0.05) is 6.92 Å². The molecule has 0 radical (unpaired) electrons. The van der Waals surface area contributed by atoms with Crippen molar-refractivity contribution in [3.63, 3.8) is 0 Å². The zero-order valence-corrected chi connectivity index (χ0v) is 12.7. The standard InChI is InChI=1S/C12H17BrN4O2/c1-3-8-12(13)9(17(4-2)15-8)7-16-10(18)5-14-6-11(16)19/h14H,3-7H2,1-2H3. The van der Waals surface area contributed by atoms with Crippen molar-refractivity contribution < 1.29 is 9.59 Å². The van der Waals surface area contributed by atoms with Crippen LogP contribution in [0.4, 0.5) is 0 Å². The molecule has 1 aliphatic rings. The summed E-state index contributed by atoms with van der Waals surface area (Å²) in [5.41, 5.74) is 1.83. The molecule has 1 N–H and O–H groups in total. The third kappa shape index (κ3) is 2.71. The number of amides is 2. The molecule has 0 aromatic carbocycles. The average molecular weight is 329 g/mol. The molecule has 104 valence electrons. The number of halogens is 1. The zero-order valence-electron chi connectivity index (χ0n) is 11.1. The van der Waals surface area contributed by atoms with Crippen molar-refractivity contribution >= 4 is 27.7 Å². The number of carbonyl (C=O) groups excluding carboxylic acids is 2. The maximum Gasteiger partial charge on any atom is 0.243 e. The molecule has 6 nitrogen and oxygen atoms in total. The number of nitrogens with one attached hydrogen (secondary N) is 1. The number of imide groups is 1. The van der Waals surface area contributed by atoms with Crippen molar-refractivity contribution in [3.05, 3.63) is 15.9 Å². The molecule has 2 amide bonds. The summed E-state index contributed by atoms with van der Waals surface area (Å²) in [7, 11) is 0. The molecule has 19 heavy (non-hydrogen) atoms. The molecule has 7 heteroatoms. The number of hydrogen-bond donors (Lipinski definition) is 1. The van der Waals surface area contributed by atoms with Crippen LogP contribution in [0.1, 0.15) is 25.2 Å². The van der Waals surface area contributed by atoms with Gasteiger partial charge in [-0.05, 0) is 29.3 Å². The summed E-state index contributed by atoms with van der Waals surface area (Å²) in [4.78, 5) is 24.9. The van der Waals surface area contributed by atoms with Gasteiger partial charge in [0, 0.05) is 6.54 Å². The predicted octanol–water partition coefficient (Wildman–Crippen LogP) is 0.686. The molecule has 2 rings (SSSR count). The van der Waals surface area contributed by atoms with Crippen molar-refractivity contribution in [2.75, 3.05) is 13.1 Å². The molecule has 0 atom stereocenters. The topological polar surface area (TPSA) is 67.2 Å². The number of carbonyl (C=O) groups is 2. The van der Waals surface area contributed by atoms with Gasteiger partial charge in [0.2, 0.25) is 11.8 Å². The first-order valence-corrected chi connectivity index (χ1v) is 7.15. The van der Waals surface area contributed by atoms with E-state index in [1.165, 1.54) is 4.90 Å². The smallest absolute Gasteiger partial charge is 0.243 e. The molecule has 0 saturated carbocycles. The average Bonchev–Trinajstić information content (AvgIpc) is 2.70. The third-order valence-electron chi connectivity index (χ3n) is 3.16. The van der Waals surface area contributed by atoms with E-state index in [0.717, 1.165) is 22.3 Å². The van der Waals surface area contributed by atoms with E-state index in [1.54, 1.807) is 0 Å². The Kier molecular flexibility index (Phi) is 4.36. The first kappa shape index (κ1) is 14.2. The van der Waals surface area contributed by atoms with Crippen LogP contribution in [-0.2, 0) is 29.1 Å². The van der Waals surface area contributed by atoms with Gasteiger partial charge in [0.25, 0.3) is 0 Å². The summed E-state index contributed by atoms with van der Waals surface area (Å²) < 4.78 is 2.74. The van der Waals surface area contributed by atoms with Gasteiger partial charge in [0.1, 0.15) is 0 Å². The molecule has 1 aromatic heterocycles. The van der Waals surface area contributed by atoms with Crippen LogP contribution in [0.15, 0.2) is 4.47 Å². The van der Waals surface area contributed by atoms with Crippen LogP contribution in [-0.4, -0.2) is 39.6 Å². The second kappa shape index (κ2) is 5.83. The lowest BCUT2D eigenvalue weighted by molar-refractivity contribution is -0.147. The van der Waals surface area contributed by atoms with E-state index < -0.39 is 0 Å². The monoisotopic (exact) mass is 328 g/mol. The van der Waals surface area contributed by atoms with E-state index in [-0.39, 0.29) is 31.4 Å². The van der Waals surface area contributed by atoms with Gasteiger partial charge in [-0.2, -0.15) is 5.10 Å². The van der Waals surface area contributed by atoms with Crippen LogP contribution in [0.2, 0.25) is 0 Å². The number of rotatable bonds is 4. The van der Waals surface area contributed by atoms with E-state index >= 15 is 0 Å². The Balaban J connectivity index is 2.29. The summed E-state index contributed by atoms with van der Waals surface area (Å²) in [6, 6.07) is 0. The van der Waals surface area contributed by atoms with Gasteiger partial charge in [0.15, 0.2) is 0 Å². The summed E-state index contributed by atoms with van der Waals surface area (Å²) in [5.74, 6) is -0.380. The van der Waals surface area contributed by atoms with Crippen LogP contribution in [0.5, 0.6) is 0 Å². The molecule has 1 saturated heterocycles. The predicted molar refractivity (Wildman–Crippen MR) is 73.4 cm³/mol. The Hall–Kier alpha value is -1.21. The quantitative estimate of drug-likeness (QED) is 0.826. The van der Waals surface area contributed by atoms with E-state index in [4.69, 9.17) is 0 Å². The van der Waals surface area contributed by atoms with Gasteiger partial charge < -0.3 is 0 Å². The lowest BCUT2D eigenvalue weighted by atomic mass is 10.2. The number of nitrogens with zero attached hydrogens (tertiary/aromatic N) is 3. The molecule has 1 aliphatic heterocycles. The minimum Gasteiger partial charge on any atom is -0.300 e. The SMILES string of the molecule is CCc1nn(CC)c(CN2C(=O)CNCC2=O)c1Br. The van der Waals surface area contributed by atoms with Crippen LogP contribution in [0.3, 0.4) is 0 Å². The number of aromatic nitrogens is 2. The fourth-order valence-corrected chi connectivity index (χ4v) is 2.79. The van der Waals surface area contributed by atoms with Gasteiger partial charge in [-0.3, -0.25) is 24.5 Å². The maximum absolute atomic E-state index is 11.8. The van der Waals surface area contributed by atoms with Gasteiger partial charge in [-0.25, -0.2) is 0 Å². The van der Waals surface area contributed by atoms with E-state index in [9.17, 15) is 9.59 Å². The normalized spacial score (nSPS) is 16.3. The van der Waals surface area contributed by atoms with Gasteiger partial charge >= 0.3 is 0 Å². The number of aryl methyl sites for hydroxylation is 2. The molecule has 0 spiro atoms. The maximum atomic E-state index is 11.8. The molecular weight excluding hydrogens is 312 g/mol. The van der Waals surface area contributed by atoms with Crippen LogP contribution in [0, 0.1) is 0 Å². The van der Waals surface area contributed by atoms with E-state index in [2.05, 4.69) is 26.3 Å². The molecule has 0 bridgehead atoms. The Morgan fingerprint density at radius 1 is 1.26 bits per heavy atom. The summed E-state index contributed by atoms with van der Waals surface area (Å²) in [5, 5.41) is 7.25. The lowest BCUT2D eigenvalue weighted by Gasteiger charge is -2.25. The highest BCUT2D eigenvalue weighted by Crippen LogP contribution is 2.24. The fourth-order valence-electron chi connectivity index (χ4n) is 2.10. The third-order valence-corrected chi connectivity index (χ3v) is 4.07. The second-order valence-corrected chi connectivity index (χ2v) is 5.15. The molecule has 0 aliphatic carbocycles. The molecule has 1 fully saturated rings. The summed E-state index contributed by atoms with van der Waals surface area (Å²) in [6.07, 6.45) is 0.810. The van der Waals surface area contributed by atoms with Gasteiger partial charge in [0.05, 0.1) is 35.5 Å². The first-order chi connectivity index (χ1) is 9.08.